The average Bonchev–Trinajstić information content (AvgIpc) is 3.27. The van der Waals surface area contributed by atoms with E-state index < -0.39 is 24.0 Å². The predicted octanol–water partition coefficient (Wildman–Crippen LogP) is 3.87. The summed E-state index contributed by atoms with van der Waals surface area (Å²) in [5.74, 6) is 0.0538. The number of furan rings is 1. The molecule has 0 aliphatic carbocycles. The van der Waals surface area contributed by atoms with E-state index in [-0.39, 0.29) is 24.5 Å². The number of amides is 2. The van der Waals surface area contributed by atoms with E-state index in [9.17, 15) is 14.4 Å². The summed E-state index contributed by atoms with van der Waals surface area (Å²) in [6.07, 6.45) is 0.472. The summed E-state index contributed by atoms with van der Waals surface area (Å²) in [4.78, 5) is 42.4. The SMILES string of the molecule is CCOC(=O)C1=C(COC(=O)c2cc(-c3ccc(C)o3)nc3ccccc23)NC(=O)N[C@@H]1CC. The number of para-hydroxylation sites is 1. The van der Waals surface area contributed by atoms with E-state index in [0.717, 1.165) is 5.76 Å². The van der Waals surface area contributed by atoms with E-state index in [0.29, 0.717) is 34.3 Å². The standard InChI is InChI=1S/C25H25N3O6/c1-4-17-22(24(30)32-5-2)20(28-25(31)27-17)13-33-23(29)16-12-19(21-11-10-14(3)34-21)26-18-9-7-6-8-15(16)18/h6-12,17H,4-5,13H2,1-3H3,(H2,27,28,31)/t17-/m1/s1. The van der Waals surface area contributed by atoms with Gasteiger partial charge in [-0.05, 0) is 44.5 Å². The smallest absolute Gasteiger partial charge is 0.339 e. The molecule has 2 amide bonds. The largest absolute Gasteiger partial charge is 0.463 e. The van der Waals surface area contributed by atoms with Crippen LogP contribution >= 0.6 is 0 Å². The van der Waals surface area contributed by atoms with Crippen molar-refractivity contribution in [3.63, 3.8) is 0 Å². The van der Waals surface area contributed by atoms with Crippen LogP contribution in [0.4, 0.5) is 4.79 Å². The first-order valence-corrected chi connectivity index (χ1v) is 11.0. The van der Waals surface area contributed by atoms with E-state index in [4.69, 9.17) is 13.9 Å². The van der Waals surface area contributed by atoms with Crippen molar-refractivity contribution < 1.29 is 28.3 Å². The second kappa shape index (κ2) is 9.78. The highest BCUT2D eigenvalue weighted by molar-refractivity contribution is 6.04. The van der Waals surface area contributed by atoms with Gasteiger partial charge in [-0.25, -0.2) is 19.4 Å². The first-order chi connectivity index (χ1) is 16.4. The summed E-state index contributed by atoms with van der Waals surface area (Å²) in [5.41, 5.74) is 1.83. The summed E-state index contributed by atoms with van der Waals surface area (Å²) < 4.78 is 16.4. The summed E-state index contributed by atoms with van der Waals surface area (Å²) in [6, 6.07) is 11.4. The van der Waals surface area contributed by atoms with Gasteiger partial charge in [0.2, 0.25) is 0 Å². The zero-order valence-corrected chi connectivity index (χ0v) is 19.1. The lowest BCUT2D eigenvalue weighted by molar-refractivity contribution is -0.139. The van der Waals surface area contributed by atoms with Crippen LogP contribution in [-0.4, -0.2) is 42.2 Å². The topological polar surface area (TPSA) is 120 Å². The summed E-state index contributed by atoms with van der Waals surface area (Å²) in [7, 11) is 0. The van der Waals surface area contributed by atoms with Crippen LogP contribution in [0.5, 0.6) is 0 Å². The Bertz CT molecular complexity index is 1290. The minimum absolute atomic E-state index is 0.178. The van der Waals surface area contributed by atoms with Gasteiger partial charge in [0.15, 0.2) is 5.76 Å². The van der Waals surface area contributed by atoms with Gasteiger partial charge in [-0.3, -0.25) is 0 Å². The molecule has 0 radical (unpaired) electrons. The summed E-state index contributed by atoms with van der Waals surface area (Å²) in [5, 5.41) is 5.88. The first-order valence-electron chi connectivity index (χ1n) is 11.0. The molecule has 4 rings (SSSR count). The third-order valence-electron chi connectivity index (χ3n) is 5.42. The molecule has 1 aliphatic heterocycles. The number of fused-ring (bicyclic) bond motifs is 1. The number of esters is 2. The zero-order chi connectivity index (χ0) is 24.2. The molecule has 34 heavy (non-hydrogen) atoms. The fourth-order valence-corrected chi connectivity index (χ4v) is 3.83. The second-order valence-corrected chi connectivity index (χ2v) is 7.73. The molecular weight excluding hydrogens is 438 g/mol. The third kappa shape index (κ3) is 4.63. The Morgan fingerprint density at radius 3 is 2.59 bits per heavy atom. The molecule has 3 heterocycles. The number of urea groups is 1. The quantitative estimate of drug-likeness (QED) is 0.511. The maximum absolute atomic E-state index is 13.2. The highest BCUT2D eigenvalue weighted by Crippen LogP contribution is 2.27. The Balaban J connectivity index is 1.67. The number of hydrogen-bond donors (Lipinski definition) is 2. The van der Waals surface area contributed by atoms with Crippen molar-refractivity contribution in [2.75, 3.05) is 13.2 Å². The molecule has 1 atom stereocenters. The zero-order valence-electron chi connectivity index (χ0n) is 19.1. The molecule has 9 heteroatoms. The van der Waals surface area contributed by atoms with Crippen molar-refractivity contribution in [3.05, 3.63) is 65.1 Å². The fourth-order valence-electron chi connectivity index (χ4n) is 3.83. The summed E-state index contributed by atoms with van der Waals surface area (Å²) in [6.45, 7) is 5.23. The molecule has 0 unspecified atom stereocenters. The van der Waals surface area contributed by atoms with E-state index in [1.165, 1.54) is 0 Å². The average molecular weight is 463 g/mol. The van der Waals surface area contributed by atoms with Gasteiger partial charge in [0.1, 0.15) is 18.1 Å². The van der Waals surface area contributed by atoms with Crippen LogP contribution in [-0.2, 0) is 14.3 Å². The molecular formula is C25H25N3O6. The van der Waals surface area contributed by atoms with Gasteiger partial charge in [0.25, 0.3) is 0 Å². The number of hydrogen-bond acceptors (Lipinski definition) is 7. The Kier molecular flexibility index (Phi) is 6.62. The van der Waals surface area contributed by atoms with Crippen LogP contribution in [0.2, 0.25) is 0 Å². The second-order valence-electron chi connectivity index (χ2n) is 7.73. The van der Waals surface area contributed by atoms with Gasteiger partial charge in [-0.2, -0.15) is 0 Å². The number of carbonyl (C=O) groups is 3. The number of pyridine rings is 1. The Hall–Kier alpha value is -4.14. The molecule has 176 valence electrons. The van der Waals surface area contributed by atoms with Gasteiger partial charge >= 0.3 is 18.0 Å². The van der Waals surface area contributed by atoms with Crippen LogP contribution < -0.4 is 10.6 Å². The van der Waals surface area contributed by atoms with Crippen LogP contribution in [0, 0.1) is 6.92 Å². The third-order valence-corrected chi connectivity index (χ3v) is 5.42. The van der Waals surface area contributed by atoms with Crippen LogP contribution in [0.15, 0.2) is 58.2 Å². The van der Waals surface area contributed by atoms with E-state index in [1.54, 1.807) is 37.3 Å². The number of rotatable bonds is 7. The van der Waals surface area contributed by atoms with Crippen molar-refractivity contribution in [2.45, 2.75) is 33.2 Å². The molecule has 1 aromatic carbocycles. The lowest BCUT2D eigenvalue weighted by Crippen LogP contribution is -2.51. The Morgan fingerprint density at radius 2 is 1.88 bits per heavy atom. The lowest BCUT2D eigenvalue weighted by atomic mass is 10.0. The fraction of sp³-hybridized carbons (Fsp3) is 0.280. The molecule has 3 aromatic rings. The summed E-state index contributed by atoms with van der Waals surface area (Å²) >= 11 is 0. The number of aromatic nitrogens is 1. The number of aryl methyl sites for hydroxylation is 1. The van der Waals surface area contributed by atoms with Crippen molar-refractivity contribution in [1.29, 1.82) is 0 Å². The van der Waals surface area contributed by atoms with Crippen LogP contribution in [0.1, 0.15) is 36.4 Å². The van der Waals surface area contributed by atoms with Gasteiger partial charge in [-0.15, -0.1) is 0 Å². The highest BCUT2D eigenvalue weighted by atomic mass is 16.5. The highest BCUT2D eigenvalue weighted by Gasteiger charge is 2.32. The van der Waals surface area contributed by atoms with Crippen molar-refractivity contribution in [2.24, 2.45) is 0 Å². The van der Waals surface area contributed by atoms with Crippen molar-refractivity contribution in [1.82, 2.24) is 15.6 Å². The van der Waals surface area contributed by atoms with Gasteiger partial charge < -0.3 is 24.5 Å². The molecule has 0 spiro atoms. The minimum atomic E-state index is -0.625. The monoisotopic (exact) mass is 463 g/mol. The van der Waals surface area contributed by atoms with Crippen LogP contribution in [0.25, 0.3) is 22.4 Å². The van der Waals surface area contributed by atoms with Gasteiger partial charge in [-0.1, -0.05) is 25.1 Å². The molecule has 2 N–H and O–H groups in total. The number of ether oxygens (including phenoxy) is 2. The van der Waals surface area contributed by atoms with Gasteiger partial charge in [0, 0.05) is 5.39 Å². The van der Waals surface area contributed by atoms with Crippen molar-refractivity contribution in [3.8, 4) is 11.5 Å². The maximum Gasteiger partial charge on any atom is 0.339 e. The molecule has 1 aliphatic rings. The van der Waals surface area contributed by atoms with E-state index >= 15 is 0 Å². The Labute approximate surface area is 196 Å². The maximum atomic E-state index is 13.2. The molecule has 0 saturated carbocycles. The number of benzene rings is 1. The molecule has 0 bridgehead atoms. The number of nitrogens with one attached hydrogen (secondary N) is 2. The predicted molar refractivity (Wildman–Crippen MR) is 124 cm³/mol. The first kappa shape index (κ1) is 23.0. The molecule has 0 saturated heterocycles. The van der Waals surface area contributed by atoms with Gasteiger partial charge in [0.05, 0.1) is 35.0 Å². The number of nitrogens with zero attached hydrogens (tertiary/aromatic N) is 1. The lowest BCUT2D eigenvalue weighted by Gasteiger charge is -2.28. The van der Waals surface area contributed by atoms with E-state index in [2.05, 4.69) is 15.6 Å². The van der Waals surface area contributed by atoms with Crippen molar-refractivity contribution >= 4 is 28.9 Å². The molecule has 9 nitrogen and oxygen atoms in total. The normalized spacial score (nSPS) is 15.6. The van der Waals surface area contributed by atoms with Crippen LogP contribution in [0.3, 0.4) is 0 Å². The number of carbonyl (C=O) groups excluding carboxylic acids is 3. The van der Waals surface area contributed by atoms with E-state index in [1.807, 2.05) is 26.0 Å². The molecule has 2 aromatic heterocycles. The minimum Gasteiger partial charge on any atom is -0.463 e. The Morgan fingerprint density at radius 1 is 1.09 bits per heavy atom. The molecule has 0 fully saturated rings.